The highest BCUT2D eigenvalue weighted by atomic mass is 31.2. The van der Waals surface area contributed by atoms with Crippen molar-refractivity contribution in [1.29, 1.82) is 0 Å². The van der Waals surface area contributed by atoms with E-state index < -0.39 is 12.9 Å². The molecule has 0 radical (unpaired) electrons. The van der Waals surface area contributed by atoms with Crippen molar-refractivity contribution in [3.05, 3.63) is 0 Å². The predicted molar refractivity (Wildman–Crippen MR) is 61.6 cm³/mol. The molecule has 0 aromatic rings. The van der Waals surface area contributed by atoms with Crippen molar-refractivity contribution in [2.75, 3.05) is 13.2 Å². The molecule has 0 saturated heterocycles. The van der Waals surface area contributed by atoms with E-state index in [4.69, 9.17) is 9.05 Å². The van der Waals surface area contributed by atoms with E-state index in [0.717, 1.165) is 18.6 Å². The van der Waals surface area contributed by atoms with Crippen molar-refractivity contribution >= 4 is 13.3 Å². The number of rotatable bonds is 5. The van der Waals surface area contributed by atoms with Crippen LogP contribution in [0.25, 0.3) is 0 Å². The molecule has 0 bridgehead atoms. The Morgan fingerprint density at radius 1 is 1.40 bits per heavy atom. The third kappa shape index (κ3) is 2.49. The fourth-order valence-electron chi connectivity index (χ4n) is 1.79. The van der Waals surface area contributed by atoms with Crippen molar-refractivity contribution in [2.24, 2.45) is 4.99 Å². The van der Waals surface area contributed by atoms with Gasteiger partial charge in [-0.05, 0) is 40.5 Å². The van der Waals surface area contributed by atoms with Crippen LogP contribution in [-0.2, 0) is 13.6 Å². The van der Waals surface area contributed by atoms with Crippen LogP contribution >= 0.6 is 7.60 Å². The first-order chi connectivity index (χ1) is 6.97. The molecule has 1 atom stereocenters. The second-order valence-electron chi connectivity index (χ2n) is 3.90. The molecular formula is C10H20NO3P. The standard InChI is InChI=1S/C10H20NO3P/c1-5-13-15(12,14-6-2)10(4)8-7-9(3)11-10/h5-8H2,1-4H3. The molecular weight excluding hydrogens is 213 g/mol. The van der Waals surface area contributed by atoms with Gasteiger partial charge < -0.3 is 9.05 Å². The Balaban J connectivity index is 2.94. The van der Waals surface area contributed by atoms with Crippen LogP contribution in [0, 0.1) is 0 Å². The fraction of sp³-hybridized carbons (Fsp3) is 0.900. The summed E-state index contributed by atoms with van der Waals surface area (Å²) in [5.74, 6) is 0. The van der Waals surface area contributed by atoms with Gasteiger partial charge in [0.2, 0.25) is 0 Å². The first kappa shape index (κ1) is 12.9. The Bertz CT molecular complexity index is 293. The van der Waals surface area contributed by atoms with Crippen LogP contribution in [0.1, 0.15) is 40.5 Å². The van der Waals surface area contributed by atoms with Crippen molar-refractivity contribution in [2.45, 2.75) is 45.8 Å². The van der Waals surface area contributed by atoms with Gasteiger partial charge in [-0.3, -0.25) is 9.56 Å². The molecule has 0 saturated carbocycles. The van der Waals surface area contributed by atoms with E-state index >= 15 is 0 Å². The molecule has 5 heteroatoms. The van der Waals surface area contributed by atoms with Gasteiger partial charge in [0.15, 0.2) is 5.28 Å². The number of nitrogens with zero attached hydrogens (tertiary/aromatic N) is 1. The highest BCUT2D eigenvalue weighted by molar-refractivity contribution is 7.55. The second-order valence-corrected chi connectivity index (χ2v) is 6.37. The van der Waals surface area contributed by atoms with Gasteiger partial charge in [-0.15, -0.1) is 0 Å². The molecule has 88 valence electrons. The van der Waals surface area contributed by atoms with Crippen molar-refractivity contribution < 1.29 is 13.6 Å². The molecule has 0 aliphatic carbocycles. The number of hydrogen-bond acceptors (Lipinski definition) is 4. The topological polar surface area (TPSA) is 47.9 Å². The minimum absolute atomic E-state index is 0.390. The maximum absolute atomic E-state index is 12.5. The van der Waals surface area contributed by atoms with Crippen LogP contribution in [0.2, 0.25) is 0 Å². The van der Waals surface area contributed by atoms with E-state index in [-0.39, 0.29) is 0 Å². The molecule has 0 N–H and O–H groups in total. The maximum atomic E-state index is 12.5. The van der Waals surface area contributed by atoms with Gasteiger partial charge in [-0.2, -0.15) is 0 Å². The molecule has 0 spiro atoms. The Labute approximate surface area is 91.6 Å². The first-order valence-corrected chi connectivity index (χ1v) is 6.96. The summed E-state index contributed by atoms with van der Waals surface area (Å²) in [5.41, 5.74) is 1.03. The highest BCUT2D eigenvalue weighted by Gasteiger charge is 2.49. The average molecular weight is 233 g/mol. The Morgan fingerprint density at radius 2 is 1.93 bits per heavy atom. The van der Waals surface area contributed by atoms with E-state index in [1.807, 2.05) is 27.7 Å². The monoisotopic (exact) mass is 233 g/mol. The van der Waals surface area contributed by atoms with Crippen LogP contribution < -0.4 is 0 Å². The van der Waals surface area contributed by atoms with Crippen LogP contribution in [0.3, 0.4) is 0 Å². The zero-order chi connectivity index (χ0) is 11.5. The van der Waals surface area contributed by atoms with Crippen LogP contribution in [0.5, 0.6) is 0 Å². The molecule has 1 aliphatic rings. The van der Waals surface area contributed by atoms with E-state index in [1.54, 1.807) is 0 Å². The highest BCUT2D eigenvalue weighted by Crippen LogP contribution is 2.63. The molecule has 0 fully saturated rings. The Kier molecular flexibility index (Phi) is 4.10. The molecule has 1 heterocycles. The van der Waals surface area contributed by atoms with Gasteiger partial charge >= 0.3 is 7.60 Å². The second kappa shape index (κ2) is 4.77. The normalized spacial score (nSPS) is 26.8. The van der Waals surface area contributed by atoms with Gasteiger partial charge in [-0.1, -0.05) is 0 Å². The molecule has 1 aliphatic heterocycles. The number of hydrogen-bond donors (Lipinski definition) is 0. The molecule has 1 rings (SSSR count). The third-order valence-corrected chi connectivity index (χ3v) is 5.28. The largest absolute Gasteiger partial charge is 0.357 e. The summed E-state index contributed by atoms with van der Waals surface area (Å²) in [4.78, 5) is 4.43. The zero-order valence-electron chi connectivity index (χ0n) is 9.95. The summed E-state index contributed by atoms with van der Waals surface area (Å²) in [6.45, 7) is 8.23. The number of aliphatic imine (C=N–C) groups is 1. The molecule has 15 heavy (non-hydrogen) atoms. The zero-order valence-corrected chi connectivity index (χ0v) is 10.8. The van der Waals surface area contributed by atoms with Crippen LogP contribution in [0.4, 0.5) is 0 Å². The van der Waals surface area contributed by atoms with E-state index in [9.17, 15) is 4.57 Å². The minimum atomic E-state index is -3.10. The predicted octanol–water partition coefficient (Wildman–Crippen LogP) is 3.22. The average Bonchev–Trinajstić information content (AvgIpc) is 2.49. The smallest absolute Gasteiger partial charge is 0.307 e. The van der Waals surface area contributed by atoms with Gasteiger partial charge in [-0.25, -0.2) is 0 Å². The van der Waals surface area contributed by atoms with E-state index in [2.05, 4.69) is 4.99 Å². The molecule has 1 unspecified atom stereocenters. The third-order valence-electron chi connectivity index (χ3n) is 2.58. The Morgan fingerprint density at radius 3 is 2.27 bits per heavy atom. The van der Waals surface area contributed by atoms with Gasteiger partial charge in [0.1, 0.15) is 0 Å². The summed E-state index contributed by atoms with van der Waals surface area (Å²) in [5, 5.41) is -0.677. The maximum Gasteiger partial charge on any atom is 0.357 e. The van der Waals surface area contributed by atoms with Crippen molar-refractivity contribution in [3.8, 4) is 0 Å². The Hall–Kier alpha value is -0.180. The lowest BCUT2D eigenvalue weighted by atomic mass is 10.2. The summed E-state index contributed by atoms with van der Waals surface area (Å²) in [7, 11) is -3.10. The summed E-state index contributed by atoms with van der Waals surface area (Å²) in [6, 6.07) is 0. The van der Waals surface area contributed by atoms with Gasteiger partial charge in [0.25, 0.3) is 0 Å². The minimum Gasteiger partial charge on any atom is -0.307 e. The molecule has 0 aromatic heterocycles. The SMILES string of the molecule is CCOP(=O)(OCC)C1(C)CCC(C)=N1. The first-order valence-electron chi connectivity index (χ1n) is 5.42. The van der Waals surface area contributed by atoms with E-state index in [1.165, 1.54) is 0 Å². The van der Waals surface area contributed by atoms with E-state index in [0.29, 0.717) is 13.2 Å². The molecule has 0 amide bonds. The summed E-state index contributed by atoms with van der Waals surface area (Å²) < 4.78 is 23.2. The van der Waals surface area contributed by atoms with Crippen molar-refractivity contribution in [1.82, 2.24) is 0 Å². The quantitative estimate of drug-likeness (QED) is 0.685. The lowest BCUT2D eigenvalue weighted by Gasteiger charge is -2.29. The summed E-state index contributed by atoms with van der Waals surface area (Å²) >= 11 is 0. The van der Waals surface area contributed by atoms with Crippen LogP contribution in [0.15, 0.2) is 4.99 Å². The fourth-order valence-corrected chi connectivity index (χ4v) is 3.78. The summed E-state index contributed by atoms with van der Waals surface area (Å²) in [6.07, 6.45) is 1.62. The van der Waals surface area contributed by atoms with Gasteiger partial charge in [0.05, 0.1) is 13.2 Å². The lowest BCUT2D eigenvalue weighted by Crippen LogP contribution is -2.22. The van der Waals surface area contributed by atoms with Crippen LogP contribution in [-0.4, -0.2) is 24.2 Å². The lowest BCUT2D eigenvalue weighted by molar-refractivity contribution is 0.199. The molecule has 0 aromatic carbocycles. The van der Waals surface area contributed by atoms with Gasteiger partial charge in [0, 0.05) is 5.71 Å². The van der Waals surface area contributed by atoms with Crippen molar-refractivity contribution in [3.63, 3.8) is 0 Å². The molecule has 4 nitrogen and oxygen atoms in total.